The Morgan fingerprint density at radius 2 is 2.33 bits per heavy atom. The smallest absolute Gasteiger partial charge is 0.223 e. The molecule has 4 nitrogen and oxygen atoms in total. The molecule has 3 N–H and O–H groups in total. The van der Waals surface area contributed by atoms with Gasteiger partial charge in [0.15, 0.2) is 5.13 Å². The highest BCUT2D eigenvalue weighted by Crippen LogP contribution is 2.24. The standard InChI is InChI=1S/C10H15N3OS/c11-10-13-8(6-15-10)5-12-9(14)7-3-1-2-4-7/h6-7H,1-5H2,(H2,11,13)(H,12,14). The monoisotopic (exact) mass is 225 g/mol. The highest BCUT2D eigenvalue weighted by Gasteiger charge is 2.22. The van der Waals surface area contributed by atoms with Gasteiger partial charge in [-0.15, -0.1) is 11.3 Å². The van der Waals surface area contributed by atoms with Crippen LogP contribution in [-0.2, 0) is 11.3 Å². The number of nitrogens with one attached hydrogen (secondary N) is 1. The number of amides is 1. The number of aromatic nitrogens is 1. The molecule has 1 amide bonds. The minimum atomic E-state index is 0.166. The van der Waals surface area contributed by atoms with E-state index in [0.29, 0.717) is 11.7 Å². The minimum Gasteiger partial charge on any atom is -0.375 e. The molecule has 1 aliphatic carbocycles. The number of nitrogens with zero attached hydrogens (tertiary/aromatic N) is 1. The summed E-state index contributed by atoms with van der Waals surface area (Å²) in [6.07, 6.45) is 4.43. The Labute approximate surface area is 92.9 Å². The average Bonchev–Trinajstić information content (AvgIpc) is 2.84. The van der Waals surface area contributed by atoms with Gasteiger partial charge >= 0.3 is 0 Å². The zero-order valence-corrected chi connectivity index (χ0v) is 9.35. The van der Waals surface area contributed by atoms with Gasteiger partial charge in [0.2, 0.25) is 5.91 Å². The fourth-order valence-corrected chi connectivity index (χ4v) is 2.48. The summed E-state index contributed by atoms with van der Waals surface area (Å²) in [6, 6.07) is 0. The Balaban J connectivity index is 1.80. The fraction of sp³-hybridized carbons (Fsp3) is 0.600. The van der Waals surface area contributed by atoms with Crippen LogP contribution in [0.3, 0.4) is 0 Å². The molecular weight excluding hydrogens is 210 g/mol. The van der Waals surface area contributed by atoms with E-state index in [1.165, 1.54) is 24.2 Å². The van der Waals surface area contributed by atoms with E-state index in [-0.39, 0.29) is 11.8 Å². The largest absolute Gasteiger partial charge is 0.375 e. The van der Waals surface area contributed by atoms with Crippen LogP contribution in [0.5, 0.6) is 0 Å². The van der Waals surface area contributed by atoms with Gasteiger partial charge in [-0.25, -0.2) is 4.98 Å². The lowest BCUT2D eigenvalue weighted by Crippen LogP contribution is -2.28. The summed E-state index contributed by atoms with van der Waals surface area (Å²) in [5, 5.41) is 5.34. The normalized spacial score (nSPS) is 16.8. The second-order valence-electron chi connectivity index (χ2n) is 3.88. The summed E-state index contributed by atoms with van der Waals surface area (Å²) >= 11 is 1.40. The van der Waals surface area contributed by atoms with Crippen molar-refractivity contribution >= 4 is 22.4 Å². The Morgan fingerprint density at radius 1 is 1.60 bits per heavy atom. The highest BCUT2D eigenvalue weighted by molar-refractivity contribution is 7.13. The number of rotatable bonds is 3. The van der Waals surface area contributed by atoms with Crippen molar-refractivity contribution in [2.24, 2.45) is 5.92 Å². The Kier molecular flexibility index (Phi) is 3.20. The molecule has 1 aliphatic rings. The van der Waals surface area contributed by atoms with Crippen molar-refractivity contribution in [1.29, 1.82) is 0 Å². The van der Waals surface area contributed by atoms with Gasteiger partial charge in [0, 0.05) is 11.3 Å². The third kappa shape index (κ3) is 2.68. The lowest BCUT2D eigenvalue weighted by molar-refractivity contribution is -0.124. The van der Waals surface area contributed by atoms with Gasteiger partial charge in [-0.05, 0) is 12.8 Å². The fourth-order valence-electron chi connectivity index (χ4n) is 1.91. The lowest BCUT2D eigenvalue weighted by Gasteiger charge is -2.08. The molecule has 0 aliphatic heterocycles. The third-order valence-corrected chi connectivity index (χ3v) is 3.46. The summed E-state index contributed by atoms with van der Waals surface area (Å²) < 4.78 is 0. The summed E-state index contributed by atoms with van der Waals surface area (Å²) in [6.45, 7) is 0.503. The number of anilines is 1. The molecule has 1 fully saturated rings. The van der Waals surface area contributed by atoms with Crippen LogP contribution >= 0.6 is 11.3 Å². The Morgan fingerprint density at radius 3 is 2.93 bits per heavy atom. The summed E-state index contributed by atoms with van der Waals surface area (Å²) in [7, 11) is 0. The highest BCUT2D eigenvalue weighted by atomic mass is 32.1. The SMILES string of the molecule is Nc1nc(CNC(=O)C2CCCC2)cs1. The van der Waals surface area contributed by atoms with Crippen molar-refractivity contribution in [3.63, 3.8) is 0 Å². The van der Waals surface area contributed by atoms with Crippen molar-refractivity contribution in [3.05, 3.63) is 11.1 Å². The van der Waals surface area contributed by atoms with Crippen molar-refractivity contribution in [3.8, 4) is 0 Å². The van der Waals surface area contributed by atoms with Gasteiger partial charge in [0.1, 0.15) is 0 Å². The number of hydrogen-bond acceptors (Lipinski definition) is 4. The second kappa shape index (κ2) is 4.61. The quantitative estimate of drug-likeness (QED) is 0.819. The molecule has 0 saturated heterocycles. The first-order valence-electron chi connectivity index (χ1n) is 5.23. The van der Waals surface area contributed by atoms with Gasteiger partial charge in [-0.3, -0.25) is 4.79 Å². The number of hydrogen-bond donors (Lipinski definition) is 2. The van der Waals surface area contributed by atoms with E-state index < -0.39 is 0 Å². The zero-order chi connectivity index (χ0) is 10.7. The molecule has 82 valence electrons. The number of nitrogen functional groups attached to an aromatic ring is 1. The van der Waals surface area contributed by atoms with Crippen LogP contribution in [0.15, 0.2) is 5.38 Å². The van der Waals surface area contributed by atoms with Crippen LogP contribution in [0.25, 0.3) is 0 Å². The topological polar surface area (TPSA) is 68.0 Å². The minimum absolute atomic E-state index is 0.166. The van der Waals surface area contributed by atoms with E-state index in [1.54, 1.807) is 0 Å². The molecule has 1 saturated carbocycles. The van der Waals surface area contributed by atoms with Crippen molar-refractivity contribution in [1.82, 2.24) is 10.3 Å². The predicted octanol–water partition coefficient (Wildman–Crippen LogP) is 1.53. The molecule has 2 rings (SSSR count). The van der Waals surface area contributed by atoms with Gasteiger partial charge in [-0.2, -0.15) is 0 Å². The first-order chi connectivity index (χ1) is 7.25. The number of carbonyl (C=O) groups is 1. The van der Waals surface area contributed by atoms with E-state index in [4.69, 9.17) is 5.73 Å². The molecule has 1 aromatic rings. The summed E-state index contributed by atoms with van der Waals surface area (Å²) in [4.78, 5) is 15.7. The molecule has 1 aromatic heterocycles. The third-order valence-electron chi connectivity index (χ3n) is 2.74. The van der Waals surface area contributed by atoms with Gasteiger partial charge in [0.25, 0.3) is 0 Å². The molecule has 0 bridgehead atoms. The molecule has 15 heavy (non-hydrogen) atoms. The Hall–Kier alpha value is -1.10. The molecule has 0 unspecified atom stereocenters. The molecule has 5 heteroatoms. The summed E-state index contributed by atoms with van der Waals surface area (Å²) in [5.41, 5.74) is 6.35. The summed E-state index contributed by atoms with van der Waals surface area (Å²) in [5.74, 6) is 0.389. The van der Waals surface area contributed by atoms with E-state index in [9.17, 15) is 4.79 Å². The molecule has 0 spiro atoms. The predicted molar refractivity (Wildman–Crippen MR) is 60.3 cm³/mol. The lowest BCUT2D eigenvalue weighted by atomic mass is 10.1. The van der Waals surface area contributed by atoms with Crippen LogP contribution in [0.2, 0.25) is 0 Å². The van der Waals surface area contributed by atoms with Crippen LogP contribution in [0, 0.1) is 5.92 Å². The van der Waals surface area contributed by atoms with Crippen LogP contribution in [0.1, 0.15) is 31.4 Å². The van der Waals surface area contributed by atoms with Crippen LogP contribution < -0.4 is 11.1 Å². The van der Waals surface area contributed by atoms with Gasteiger partial charge in [0.05, 0.1) is 12.2 Å². The zero-order valence-electron chi connectivity index (χ0n) is 8.53. The molecule has 0 aromatic carbocycles. The first-order valence-corrected chi connectivity index (χ1v) is 6.11. The number of thiazole rings is 1. The average molecular weight is 225 g/mol. The van der Waals surface area contributed by atoms with Gasteiger partial charge in [-0.1, -0.05) is 12.8 Å². The molecule has 0 atom stereocenters. The van der Waals surface area contributed by atoms with Crippen molar-refractivity contribution in [2.75, 3.05) is 5.73 Å². The molecule has 1 heterocycles. The maximum Gasteiger partial charge on any atom is 0.223 e. The number of carbonyl (C=O) groups excluding carboxylic acids is 1. The van der Waals surface area contributed by atoms with Crippen LogP contribution in [-0.4, -0.2) is 10.9 Å². The Bertz CT molecular complexity index is 344. The molecular formula is C10H15N3OS. The van der Waals surface area contributed by atoms with E-state index in [1.807, 2.05) is 5.38 Å². The maximum atomic E-state index is 11.7. The maximum absolute atomic E-state index is 11.7. The number of nitrogens with two attached hydrogens (primary N) is 1. The van der Waals surface area contributed by atoms with Crippen molar-refractivity contribution < 1.29 is 4.79 Å². The van der Waals surface area contributed by atoms with Crippen LogP contribution in [0.4, 0.5) is 5.13 Å². The van der Waals surface area contributed by atoms with E-state index in [0.717, 1.165) is 18.5 Å². The van der Waals surface area contributed by atoms with Crippen molar-refractivity contribution in [2.45, 2.75) is 32.2 Å². The van der Waals surface area contributed by atoms with E-state index >= 15 is 0 Å². The van der Waals surface area contributed by atoms with E-state index in [2.05, 4.69) is 10.3 Å². The molecule has 0 radical (unpaired) electrons. The second-order valence-corrected chi connectivity index (χ2v) is 4.77. The first kappa shape index (κ1) is 10.4. The van der Waals surface area contributed by atoms with Gasteiger partial charge < -0.3 is 11.1 Å².